The highest BCUT2D eigenvalue weighted by atomic mass is 31.2. The molecular formula is C17H21O5P. The van der Waals surface area contributed by atoms with Crippen LogP contribution in [0.15, 0.2) is 48.5 Å². The average molecular weight is 336 g/mol. The number of hydrogen-bond acceptors (Lipinski definition) is 4. The van der Waals surface area contributed by atoms with E-state index >= 15 is 0 Å². The molecule has 0 saturated heterocycles. The van der Waals surface area contributed by atoms with Crippen LogP contribution in [0.3, 0.4) is 0 Å². The molecule has 1 unspecified atom stereocenters. The third kappa shape index (κ3) is 4.14. The van der Waals surface area contributed by atoms with Gasteiger partial charge in [-0.25, -0.2) is 0 Å². The fourth-order valence-electron chi connectivity index (χ4n) is 2.65. The predicted octanol–water partition coefficient (Wildman–Crippen LogP) is 3.63. The lowest BCUT2D eigenvalue weighted by molar-refractivity contribution is 0.268. The molecule has 0 radical (unpaired) electrons. The summed E-state index contributed by atoms with van der Waals surface area (Å²) in [6, 6.07) is 13.0. The first-order chi connectivity index (χ1) is 10.8. The Kier molecular flexibility index (Phi) is 5.15. The molecule has 2 aromatic rings. The Hall–Kier alpha value is -1.81. The van der Waals surface area contributed by atoms with Crippen LogP contribution in [0, 0.1) is 0 Å². The van der Waals surface area contributed by atoms with E-state index in [0.717, 1.165) is 11.1 Å². The van der Waals surface area contributed by atoms with Crippen LogP contribution in [0.25, 0.3) is 0 Å². The third-order valence-electron chi connectivity index (χ3n) is 3.86. The average Bonchev–Trinajstić information content (AvgIpc) is 2.47. The maximum Gasteiger partial charge on any atom is 0.329 e. The van der Waals surface area contributed by atoms with Gasteiger partial charge in [0, 0.05) is 5.41 Å². The Labute approximate surface area is 135 Å². The lowest BCUT2D eigenvalue weighted by Crippen LogP contribution is -2.28. The summed E-state index contributed by atoms with van der Waals surface area (Å²) in [5.74, 6) is 0.248. The molecule has 0 saturated carbocycles. The van der Waals surface area contributed by atoms with E-state index in [-0.39, 0.29) is 24.3 Å². The SMILES string of the molecule is CCOP(=O)(O)CC(C)(c1ccc(O)cc1)c1ccc(O)cc1. The van der Waals surface area contributed by atoms with Crippen LogP contribution in [0.5, 0.6) is 11.5 Å². The van der Waals surface area contributed by atoms with Crippen LogP contribution in [-0.2, 0) is 14.5 Å². The molecule has 2 aromatic carbocycles. The maximum atomic E-state index is 12.3. The maximum absolute atomic E-state index is 12.3. The summed E-state index contributed by atoms with van der Waals surface area (Å²) in [5.41, 5.74) is 0.742. The van der Waals surface area contributed by atoms with E-state index < -0.39 is 13.0 Å². The molecular weight excluding hydrogens is 315 g/mol. The van der Waals surface area contributed by atoms with Gasteiger partial charge in [-0.1, -0.05) is 31.2 Å². The quantitative estimate of drug-likeness (QED) is 0.701. The first-order valence-corrected chi connectivity index (χ1v) is 9.08. The van der Waals surface area contributed by atoms with Gasteiger partial charge in [0.05, 0.1) is 12.8 Å². The lowest BCUT2D eigenvalue weighted by Gasteiger charge is -2.32. The number of phenols is 2. The van der Waals surface area contributed by atoms with E-state index in [1.54, 1.807) is 31.2 Å². The highest BCUT2D eigenvalue weighted by molar-refractivity contribution is 7.52. The largest absolute Gasteiger partial charge is 0.508 e. The molecule has 124 valence electrons. The number of hydrogen-bond donors (Lipinski definition) is 3. The van der Waals surface area contributed by atoms with Crippen molar-refractivity contribution in [3.8, 4) is 11.5 Å². The summed E-state index contributed by atoms with van der Waals surface area (Å²) in [4.78, 5) is 10.1. The highest BCUT2D eigenvalue weighted by Gasteiger charge is 2.37. The summed E-state index contributed by atoms with van der Waals surface area (Å²) < 4.78 is 17.4. The van der Waals surface area contributed by atoms with E-state index in [4.69, 9.17) is 4.52 Å². The first-order valence-electron chi connectivity index (χ1n) is 7.32. The standard InChI is InChI=1S/C17H21O5P/c1-3-22-23(20,21)12-17(2,13-4-8-15(18)9-5-13)14-6-10-16(19)11-7-14/h4-11,18-19H,3,12H2,1-2H3,(H,20,21). The topological polar surface area (TPSA) is 87.0 Å². The van der Waals surface area contributed by atoms with Gasteiger partial charge in [0.15, 0.2) is 0 Å². The lowest BCUT2D eigenvalue weighted by atomic mass is 9.78. The van der Waals surface area contributed by atoms with Crippen molar-refractivity contribution >= 4 is 7.60 Å². The highest BCUT2D eigenvalue weighted by Crippen LogP contribution is 2.50. The minimum Gasteiger partial charge on any atom is -0.508 e. The zero-order valence-electron chi connectivity index (χ0n) is 13.1. The van der Waals surface area contributed by atoms with Crippen LogP contribution in [-0.4, -0.2) is 27.9 Å². The van der Waals surface area contributed by atoms with E-state index in [1.165, 1.54) is 24.3 Å². The Bertz CT molecular complexity index is 648. The van der Waals surface area contributed by atoms with Crippen LogP contribution in [0.1, 0.15) is 25.0 Å². The van der Waals surface area contributed by atoms with Gasteiger partial charge in [-0.05, 0) is 42.3 Å². The van der Waals surface area contributed by atoms with Crippen molar-refractivity contribution in [1.82, 2.24) is 0 Å². The zero-order valence-corrected chi connectivity index (χ0v) is 14.0. The van der Waals surface area contributed by atoms with Crippen molar-refractivity contribution in [3.63, 3.8) is 0 Å². The minimum atomic E-state index is -3.79. The summed E-state index contributed by atoms with van der Waals surface area (Å²) in [5, 5.41) is 19.0. The molecule has 1 atom stereocenters. The second-order valence-electron chi connectivity index (χ2n) is 5.64. The van der Waals surface area contributed by atoms with Gasteiger partial charge in [-0.15, -0.1) is 0 Å². The van der Waals surface area contributed by atoms with Crippen molar-refractivity contribution in [2.24, 2.45) is 0 Å². The fourth-order valence-corrected chi connectivity index (χ4v) is 4.31. The van der Waals surface area contributed by atoms with E-state index in [2.05, 4.69) is 0 Å². The van der Waals surface area contributed by atoms with Crippen LogP contribution in [0.4, 0.5) is 0 Å². The molecule has 0 spiro atoms. The molecule has 0 fully saturated rings. The molecule has 0 aliphatic carbocycles. The van der Waals surface area contributed by atoms with E-state index in [9.17, 15) is 19.7 Å². The Morgan fingerprint density at radius 3 is 1.70 bits per heavy atom. The van der Waals surface area contributed by atoms with E-state index in [1.807, 2.05) is 6.92 Å². The van der Waals surface area contributed by atoms with Gasteiger partial charge in [0.25, 0.3) is 0 Å². The fraction of sp³-hybridized carbons (Fsp3) is 0.294. The molecule has 0 bridgehead atoms. The van der Waals surface area contributed by atoms with Crippen molar-refractivity contribution in [3.05, 3.63) is 59.7 Å². The van der Waals surface area contributed by atoms with Crippen molar-refractivity contribution in [1.29, 1.82) is 0 Å². The van der Waals surface area contributed by atoms with Crippen molar-refractivity contribution < 1.29 is 24.2 Å². The Morgan fingerprint density at radius 2 is 1.35 bits per heavy atom. The first kappa shape index (κ1) is 17.5. The molecule has 0 aliphatic heterocycles. The normalized spacial score (nSPS) is 14.4. The molecule has 0 aromatic heterocycles. The monoisotopic (exact) mass is 336 g/mol. The summed E-state index contributed by atoms with van der Waals surface area (Å²) in [7, 11) is -3.79. The number of benzene rings is 2. The zero-order chi connectivity index (χ0) is 17.1. The number of phenolic OH excluding ortho intramolecular Hbond substituents is 2. The second-order valence-corrected chi connectivity index (χ2v) is 7.49. The summed E-state index contributed by atoms with van der Waals surface area (Å²) in [6.45, 7) is 3.66. The van der Waals surface area contributed by atoms with Gasteiger partial charge in [-0.2, -0.15) is 0 Å². The molecule has 2 rings (SSSR count). The van der Waals surface area contributed by atoms with Crippen molar-refractivity contribution in [2.45, 2.75) is 19.3 Å². The summed E-state index contributed by atoms with van der Waals surface area (Å²) in [6.07, 6.45) is -0.108. The summed E-state index contributed by atoms with van der Waals surface area (Å²) >= 11 is 0. The molecule has 5 nitrogen and oxygen atoms in total. The Balaban J connectivity index is 2.51. The van der Waals surface area contributed by atoms with Crippen molar-refractivity contribution in [2.75, 3.05) is 12.8 Å². The van der Waals surface area contributed by atoms with Crippen LogP contribution < -0.4 is 0 Å². The number of aromatic hydroxyl groups is 2. The van der Waals surface area contributed by atoms with E-state index in [0.29, 0.717) is 0 Å². The van der Waals surface area contributed by atoms with Gasteiger partial charge in [-0.3, -0.25) is 4.57 Å². The second kappa shape index (κ2) is 6.75. The molecule has 0 heterocycles. The van der Waals surface area contributed by atoms with Crippen LogP contribution in [0.2, 0.25) is 0 Å². The van der Waals surface area contributed by atoms with Gasteiger partial charge in [0.1, 0.15) is 11.5 Å². The number of rotatable bonds is 6. The minimum absolute atomic E-state index is 0.108. The third-order valence-corrected chi connectivity index (χ3v) is 5.55. The molecule has 6 heteroatoms. The van der Waals surface area contributed by atoms with Gasteiger partial charge >= 0.3 is 7.60 Å². The smallest absolute Gasteiger partial charge is 0.329 e. The van der Waals surface area contributed by atoms with Gasteiger partial charge < -0.3 is 19.6 Å². The molecule has 23 heavy (non-hydrogen) atoms. The predicted molar refractivity (Wildman–Crippen MR) is 89.0 cm³/mol. The molecule has 0 aliphatic rings. The Morgan fingerprint density at radius 1 is 0.957 bits per heavy atom. The molecule has 0 amide bonds. The molecule has 3 N–H and O–H groups in total. The van der Waals surface area contributed by atoms with Crippen LogP contribution >= 0.6 is 7.60 Å². The van der Waals surface area contributed by atoms with Gasteiger partial charge in [0.2, 0.25) is 0 Å².